The van der Waals surface area contributed by atoms with E-state index >= 15 is 0 Å². The first-order valence-corrected chi connectivity index (χ1v) is 10.3. The minimum atomic E-state index is -0.565. The summed E-state index contributed by atoms with van der Waals surface area (Å²) < 4.78 is 6.21. The number of amides is 1. The Morgan fingerprint density at radius 2 is 2.28 bits per heavy atom. The van der Waals surface area contributed by atoms with Gasteiger partial charge in [-0.3, -0.25) is 9.78 Å². The van der Waals surface area contributed by atoms with Crippen LogP contribution in [0.4, 0.5) is 0 Å². The molecule has 1 fully saturated rings. The largest absolute Gasteiger partial charge is 0.479 e. The van der Waals surface area contributed by atoms with Gasteiger partial charge in [-0.1, -0.05) is 23.8 Å². The molecule has 1 aromatic heterocycles. The smallest absolute Gasteiger partial charge is 0.264 e. The third-order valence-corrected chi connectivity index (χ3v) is 6.04. The molecule has 150 valence electrons. The van der Waals surface area contributed by atoms with Crippen LogP contribution in [0.1, 0.15) is 16.8 Å². The lowest BCUT2D eigenvalue weighted by atomic mass is 9.97. The molecule has 0 spiro atoms. The number of piperazine rings is 1. The highest BCUT2D eigenvalue weighted by atomic mass is 35.5. The lowest BCUT2D eigenvalue weighted by Gasteiger charge is -2.34. The molecular weight excluding hydrogens is 390 g/mol. The Morgan fingerprint density at radius 3 is 3.14 bits per heavy atom. The van der Waals surface area contributed by atoms with Crippen molar-refractivity contribution in [1.82, 2.24) is 15.2 Å². The second-order valence-electron chi connectivity index (χ2n) is 7.70. The van der Waals surface area contributed by atoms with Crippen molar-refractivity contribution in [2.45, 2.75) is 25.0 Å². The minimum absolute atomic E-state index is 0.00988. The molecule has 29 heavy (non-hydrogen) atoms. The number of allylic oxidation sites excluding steroid dienone is 1. The number of nitrogens with zero attached hydrogens (tertiary/aromatic N) is 2. The molecule has 2 N–H and O–H groups in total. The van der Waals surface area contributed by atoms with Crippen LogP contribution in [0.5, 0.6) is 5.75 Å². The molecule has 1 amide bonds. The van der Waals surface area contributed by atoms with E-state index in [1.54, 1.807) is 4.90 Å². The zero-order chi connectivity index (χ0) is 20.0. The summed E-state index contributed by atoms with van der Waals surface area (Å²) in [5.41, 5.74) is 5.01. The van der Waals surface area contributed by atoms with Gasteiger partial charge in [0.2, 0.25) is 0 Å². The quantitative estimate of drug-likeness (QED) is 0.808. The highest BCUT2D eigenvalue weighted by Crippen LogP contribution is 2.43. The summed E-state index contributed by atoms with van der Waals surface area (Å²) in [6.07, 6.45) is 6.74. The molecular formula is C22H22ClN3O3. The van der Waals surface area contributed by atoms with Gasteiger partial charge in [-0.2, -0.15) is 0 Å². The predicted molar refractivity (Wildman–Crippen MR) is 111 cm³/mol. The zero-order valence-electron chi connectivity index (χ0n) is 15.9. The first kappa shape index (κ1) is 18.6. The van der Waals surface area contributed by atoms with Crippen LogP contribution in [-0.4, -0.2) is 59.3 Å². The summed E-state index contributed by atoms with van der Waals surface area (Å²) in [6, 6.07) is 5.68. The van der Waals surface area contributed by atoms with Gasteiger partial charge >= 0.3 is 0 Å². The summed E-state index contributed by atoms with van der Waals surface area (Å²) in [7, 11) is 0. The maximum atomic E-state index is 13.1. The lowest BCUT2D eigenvalue weighted by molar-refractivity contribution is -0.139. The fourth-order valence-electron chi connectivity index (χ4n) is 4.40. The number of carbonyl (C=O) groups is 1. The van der Waals surface area contributed by atoms with Crippen LogP contribution in [0.3, 0.4) is 0 Å². The summed E-state index contributed by atoms with van der Waals surface area (Å²) in [6.45, 7) is 1.78. The number of benzene rings is 1. The van der Waals surface area contributed by atoms with Crippen LogP contribution in [0, 0.1) is 0 Å². The van der Waals surface area contributed by atoms with E-state index in [1.807, 2.05) is 24.4 Å². The molecule has 2 aliphatic heterocycles. The zero-order valence-corrected chi connectivity index (χ0v) is 16.7. The topological polar surface area (TPSA) is 74.7 Å². The van der Waals surface area contributed by atoms with E-state index in [2.05, 4.69) is 22.5 Å². The number of halogens is 1. The van der Waals surface area contributed by atoms with Crippen molar-refractivity contribution in [2.24, 2.45) is 0 Å². The average molecular weight is 412 g/mol. The highest BCUT2D eigenvalue weighted by Gasteiger charge is 2.36. The standard InChI is InChI=1S/C22H22ClN3O3/c23-14-8-13-9-20(22(28)26-7-6-24-15(11-26)12-27)29-21(13)18(10-14)16-4-5-25-19-3-1-2-17(16)19/h1-2,4-5,8,10,15,20,24,27H,3,6-7,9,11-12H2/t15-,20?/m1/s1. The molecule has 6 nitrogen and oxygen atoms in total. The first-order valence-electron chi connectivity index (χ1n) is 9.91. The van der Waals surface area contributed by atoms with Crippen LogP contribution in [-0.2, 0) is 17.6 Å². The van der Waals surface area contributed by atoms with E-state index < -0.39 is 6.10 Å². The molecule has 5 rings (SSSR count). The molecule has 0 saturated carbocycles. The number of aliphatic hydroxyl groups excluding tert-OH is 1. The van der Waals surface area contributed by atoms with Gasteiger partial charge in [0.25, 0.3) is 5.91 Å². The van der Waals surface area contributed by atoms with Crippen LogP contribution in [0.2, 0.25) is 5.02 Å². The Labute approximate surface area is 174 Å². The fourth-order valence-corrected chi connectivity index (χ4v) is 4.64. The minimum Gasteiger partial charge on any atom is -0.479 e. The number of rotatable bonds is 3. The van der Waals surface area contributed by atoms with Gasteiger partial charge in [0, 0.05) is 66.4 Å². The summed E-state index contributed by atoms with van der Waals surface area (Å²) >= 11 is 6.42. The average Bonchev–Trinajstić information content (AvgIpc) is 3.39. The van der Waals surface area contributed by atoms with Crippen molar-refractivity contribution in [3.05, 3.63) is 52.3 Å². The van der Waals surface area contributed by atoms with Gasteiger partial charge in [0.05, 0.1) is 12.3 Å². The molecule has 1 aromatic carbocycles. The molecule has 3 aliphatic rings. The number of fused-ring (bicyclic) bond motifs is 2. The van der Waals surface area contributed by atoms with E-state index in [9.17, 15) is 9.90 Å². The number of nitrogens with one attached hydrogen (secondary N) is 1. The molecule has 1 aliphatic carbocycles. The maximum absolute atomic E-state index is 13.1. The summed E-state index contributed by atoms with van der Waals surface area (Å²) in [5.74, 6) is 0.693. The molecule has 2 atom stereocenters. The van der Waals surface area contributed by atoms with E-state index in [0.29, 0.717) is 31.1 Å². The third-order valence-electron chi connectivity index (χ3n) is 5.82. The number of pyridine rings is 1. The molecule has 7 heteroatoms. The SMILES string of the molecule is O=C(C1Cc2cc(Cl)cc(-c3ccnc4c3C=CC4)c2O1)N1CCN[C@@H](CO)C1. The van der Waals surface area contributed by atoms with Gasteiger partial charge in [-0.25, -0.2) is 0 Å². The van der Waals surface area contributed by atoms with Gasteiger partial charge in [0.15, 0.2) is 6.10 Å². The number of hydrogen-bond acceptors (Lipinski definition) is 5. The van der Waals surface area contributed by atoms with Crippen LogP contribution in [0.15, 0.2) is 30.5 Å². The number of aromatic nitrogens is 1. The van der Waals surface area contributed by atoms with Crippen molar-refractivity contribution in [1.29, 1.82) is 0 Å². The Kier molecular flexibility index (Phi) is 4.78. The molecule has 2 aromatic rings. The molecule has 0 bridgehead atoms. The summed E-state index contributed by atoms with van der Waals surface area (Å²) in [5, 5.41) is 13.2. The lowest BCUT2D eigenvalue weighted by Crippen LogP contribution is -2.56. The van der Waals surface area contributed by atoms with Crippen molar-refractivity contribution >= 4 is 23.6 Å². The van der Waals surface area contributed by atoms with Gasteiger partial charge < -0.3 is 20.1 Å². The van der Waals surface area contributed by atoms with E-state index in [-0.39, 0.29) is 18.6 Å². The summed E-state index contributed by atoms with van der Waals surface area (Å²) in [4.78, 5) is 19.3. The second-order valence-corrected chi connectivity index (χ2v) is 8.13. The van der Waals surface area contributed by atoms with E-state index in [4.69, 9.17) is 16.3 Å². The number of ether oxygens (including phenoxy) is 1. The van der Waals surface area contributed by atoms with E-state index in [0.717, 1.165) is 40.1 Å². The molecule has 1 unspecified atom stereocenters. The van der Waals surface area contributed by atoms with Crippen LogP contribution in [0.25, 0.3) is 17.2 Å². The van der Waals surface area contributed by atoms with Crippen molar-refractivity contribution in [2.75, 3.05) is 26.2 Å². The maximum Gasteiger partial charge on any atom is 0.264 e. The first-order chi connectivity index (χ1) is 14.1. The molecule has 3 heterocycles. The number of aliphatic hydroxyl groups is 1. The van der Waals surface area contributed by atoms with Crippen LogP contribution < -0.4 is 10.1 Å². The normalized spacial score (nSPS) is 22.3. The Bertz CT molecular complexity index is 1010. The number of carbonyl (C=O) groups excluding carboxylic acids is 1. The Morgan fingerprint density at radius 1 is 1.38 bits per heavy atom. The molecule has 1 saturated heterocycles. The monoisotopic (exact) mass is 411 g/mol. The Balaban J connectivity index is 1.46. The predicted octanol–water partition coefficient (Wildman–Crippen LogP) is 2.07. The van der Waals surface area contributed by atoms with Crippen molar-refractivity contribution in [3.8, 4) is 16.9 Å². The molecule has 0 radical (unpaired) electrons. The van der Waals surface area contributed by atoms with Crippen molar-refractivity contribution in [3.63, 3.8) is 0 Å². The third kappa shape index (κ3) is 3.31. The highest BCUT2D eigenvalue weighted by molar-refractivity contribution is 6.31. The fraction of sp³-hybridized carbons (Fsp3) is 0.364. The van der Waals surface area contributed by atoms with Crippen molar-refractivity contribution < 1.29 is 14.6 Å². The second kappa shape index (κ2) is 7.44. The van der Waals surface area contributed by atoms with Gasteiger partial charge in [0.1, 0.15) is 5.75 Å². The number of hydrogen-bond donors (Lipinski definition) is 2. The Hall–Kier alpha value is -2.41. The van der Waals surface area contributed by atoms with Crippen LogP contribution >= 0.6 is 11.6 Å². The van der Waals surface area contributed by atoms with Gasteiger partial charge in [-0.15, -0.1) is 0 Å². The van der Waals surface area contributed by atoms with Gasteiger partial charge in [-0.05, 0) is 23.8 Å². The van der Waals surface area contributed by atoms with E-state index in [1.165, 1.54) is 0 Å².